The smallest absolute Gasteiger partial charge is 0.323 e. The summed E-state index contributed by atoms with van der Waals surface area (Å²) in [6, 6.07) is 21.7. The lowest BCUT2D eigenvalue weighted by atomic mass is 9.97. The molecule has 4 rings (SSSR count). The predicted octanol–water partition coefficient (Wildman–Crippen LogP) is 6.71. The zero-order valence-corrected chi connectivity index (χ0v) is 20.8. The third-order valence-corrected chi connectivity index (χ3v) is 6.62. The number of nitrogens with one attached hydrogen (secondary N) is 3. The minimum atomic E-state index is -0.393. The second kappa shape index (κ2) is 11.3. The van der Waals surface area contributed by atoms with Gasteiger partial charge in [-0.2, -0.15) is 0 Å². The van der Waals surface area contributed by atoms with Gasteiger partial charge in [0.15, 0.2) is 0 Å². The van der Waals surface area contributed by atoms with Gasteiger partial charge in [0.2, 0.25) is 0 Å². The van der Waals surface area contributed by atoms with Gasteiger partial charge in [-0.05, 0) is 73.7 Å². The first-order valence-electron chi connectivity index (χ1n) is 12.0. The Hall–Kier alpha value is -3.51. The van der Waals surface area contributed by atoms with Crippen molar-refractivity contribution < 1.29 is 9.59 Å². The number of nitrogens with zero attached hydrogens (tertiary/aromatic N) is 1. The third-order valence-electron chi connectivity index (χ3n) is 6.37. The first-order valence-corrected chi connectivity index (χ1v) is 12.3. The SMILES string of the molecule is CC1CCN(c2ccc(NC(=O)Nc3ccc(Cl)cc3)cc2C(=O)NC(C)c2ccccc2)CC1. The fourth-order valence-corrected chi connectivity index (χ4v) is 4.37. The van der Waals surface area contributed by atoms with Gasteiger partial charge in [-0.15, -0.1) is 0 Å². The maximum Gasteiger partial charge on any atom is 0.323 e. The fraction of sp³-hybridized carbons (Fsp3) is 0.286. The summed E-state index contributed by atoms with van der Waals surface area (Å²) in [4.78, 5) is 28.3. The van der Waals surface area contributed by atoms with Gasteiger partial charge in [-0.25, -0.2) is 4.79 Å². The molecule has 0 saturated carbocycles. The molecule has 7 heteroatoms. The summed E-state index contributed by atoms with van der Waals surface area (Å²) in [6.07, 6.45) is 2.18. The van der Waals surface area contributed by atoms with E-state index in [9.17, 15) is 9.59 Å². The molecule has 1 aliphatic heterocycles. The average molecular weight is 491 g/mol. The highest BCUT2D eigenvalue weighted by atomic mass is 35.5. The maximum atomic E-state index is 13.4. The lowest BCUT2D eigenvalue weighted by Gasteiger charge is -2.33. The average Bonchev–Trinajstić information content (AvgIpc) is 2.86. The van der Waals surface area contributed by atoms with Gasteiger partial charge in [-0.1, -0.05) is 48.9 Å². The maximum absolute atomic E-state index is 13.4. The third kappa shape index (κ3) is 6.55. The van der Waals surface area contributed by atoms with Crippen LogP contribution >= 0.6 is 11.6 Å². The quantitative estimate of drug-likeness (QED) is 0.359. The molecule has 1 unspecified atom stereocenters. The van der Waals surface area contributed by atoms with Crippen LogP contribution in [0.3, 0.4) is 0 Å². The van der Waals surface area contributed by atoms with Crippen LogP contribution in [0.2, 0.25) is 5.02 Å². The molecule has 3 N–H and O–H groups in total. The lowest BCUT2D eigenvalue weighted by Crippen LogP contribution is -2.35. The molecule has 0 aromatic heterocycles. The van der Waals surface area contributed by atoms with Crippen LogP contribution in [-0.2, 0) is 0 Å². The molecule has 0 aliphatic carbocycles. The van der Waals surface area contributed by atoms with E-state index in [-0.39, 0.29) is 11.9 Å². The van der Waals surface area contributed by atoms with Crippen molar-refractivity contribution in [3.8, 4) is 0 Å². The van der Waals surface area contributed by atoms with Crippen LogP contribution in [0.1, 0.15) is 48.7 Å². The van der Waals surface area contributed by atoms with Gasteiger partial charge in [0.25, 0.3) is 5.91 Å². The van der Waals surface area contributed by atoms with E-state index in [0.29, 0.717) is 27.9 Å². The largest absolute Gasteiger partial charge is 0.371 e. The molecule has 1 aliphatic rings. The Balaban J connectivity index is 1.54. The number of halogens is 1. The summed E-state index contributed by atoms with van der Waals surface area (Å²) in [7, 11) is 0. The molecule has 6 nitrogen and oxygen atoms in total. The van der Waals surface area contributed by atoms with Crippen molar-refractivity contribution in [1.29, 1.82) is 0 Å². The van der Waals surface area contributed by atoms with Gasteiger partial charge in [0.05, 0.1) is 11.6 Å². The molecular weight excluding hydrogens is 460 g/mol. The first kappa shape index (κ1) is 24.6. The molecule has 35 heavy (non-hydrogen) atoms. The summed E-state index contributed by atoms with van der Waals surface area (Å²) in [6.45, 7) is 6.04. The molecular formula is C28H31ClN4O2. The van der Waals surface area contributed by atoms with Crippen molar-refractivity contribution in [1.82, 2.24) is 5.32 Å². The van der Waals surface area contributed by atoms with Gasteiger partial charge in [0, 0.05) is 35.2 Å². The van der Waals surface area contributed by atoms with Gasteiger partial charge in [-0.3, -0.25) is 4.79 Å². The molecule has 0 spiro atoms. The van der Waals surface area contributed by atoms with Crippen LogP contribution in [0.15, 0.2) is 72.8 Å². The monoisotopic (exact) mass is 490 g/mol. The van der Waals surface area contributed by atoms with E-state index < -0.39 is 6.03 Å². The van der Waals surface area contributed by atoms with Crippen LogP contribution in [0.4, 0.5) is 21.9 Å². The van der Waals surface area contributed by atoms with Crippen molar-refractivity contribution in [2.45, 2.75) is 32.7 Å². The molecule has 0 bridgehead atoms. The van der Waals surface area contributed by atoms with E-state index >= 15 is 0 Å². The normalized spacial score (nSPS) is 14.8. The predicted molar refractivity (Wildman–Crippen MR) is 143 cm³/mol. The minimum absolute atomic E-state index is 0.150. The first-order chi connectivity index (χ1) is 16.9. The Bertz CT molecular complexity index is 1160. The second-order valence-electron chi connectivity index (χ2n) is 9.09. The van der Waals surface area contributed by atoms with Crippen LogP contribution in [0.5, 0.6) is 0 Å². The summed E-state index contributed by atoms with van der Waals surface area (Å²) in [5.74, 6) is 0.510. The van der Waals surface area contributed by atoms with E-state index in [4.69, 9.17) is 11.6 Å². The highest BCUT2D eigenvalue weighted by Crippen LogP contribution is 2.29. The number of rotatable bonds is 6. The van der Waals surface area contributed by atoms with Gasteiger partial charge in [0.1, 0.15) is 0 Å². The highest BCUT2D eigenvalue weighted by Gasteiger charge is 2.23. The summed E-state index contributed by atoms with van der Waals surface area (Å²) in [5.41, 5.74) is 3.64. The molecule has 1 atom stereocenters. The van der Waals surface area contributed by atoms with Crippen LogP contribution in [0, 0.1) is 5.92 Å². The summed E-state index contributed by atoms with van der Waals surface area (Å²) >= 11 is 5.92. The van der Waals surface area contributed by atoms with Crippen molar-refractivity contribution in [2.24, 2.45) is 5.92 Å². The summed E-state index contributed by atoms with van der Waals surface area (Å²) in [5, 5.41) is 9.34. The fourth-order valence-electron chi connectivity index (χ4n) is 4.25. The van der Waals surface area contributed by atoms with Crippen molar-refractivity contribution in [3.63, 3.8) is 0 Å². The zero-order chi connectivity index (χ0) is 24.8. The number of hydrogen-bond donors (Lipinski definition) is 3. The topological polar surface area (TPSA) is 73.5 Å². The molecule has 3 amide bonds. The summed E-state index contributed by atoms with van der Waals surface area (Å²) < 4.78 is 0. The Morgan fingerprint density at radius 2 is 1.54 bits per heavy atom. The van der Waals surface area contributed by atoms with Crippen molar-refractivity contribution in [3.05, 3.63) is 88.9 Å². The van der Waals surface area contributed by atoms with Crippen LogP contribution < -0.4 is 20.9 Å². The van der Waals surface area contributed by atoms with E-state index in [1.807, 2.05) is 49.4 Å². The number of anilines is 3. The molecule has 1 heterocycles. The second-order valence-corrected chi connectivity index (χ2v) is 9.53. The zero-order valence-electron chi connectivity index (χ0n) is 20.1. The number of carbonyl (C=O) groups is 2. The number of piperidine rings is 1. The van der Waals surface area contributed by atoms with E-state index in [1.54, 1.807) is 30.3 Å². The van der Waals surface area contributed by atoms with Crippen LogP contribution in [0.25, 0.3) is 0 Å². The number of benzene rings is 3. The van der Waals surface area contributed by atoms with E-state index in [0.717, 1.165) is 37.2 Å². The van der Waals surface area contributed by atoms with Gasteiger partial charge < -0.3 is 20.9 Å². The number of hydrogen-bond acceptors (Lipinski definition) is 3. The molecule has 0 radical (unpaired) electrons. The Labute approximate surface area is 211 Å². The lowest BCUT2D eigenvalue weighted by molar-refractivity contribution is 0.0940. The highest BCUT2D eigenvalue weighted by molar-refractivity contribution is 6.30. The number of urea groups is 1. The molecule has 182 valence electrons. The van der Waals surface area contributed by atoms with E-state index in [2.05, 4.69) is 27.8 Å². The number of carbonyl (C=O) groups excluding carboxylic acids is 2. The van der Waals surface area contributed by atoms with Crippen LogP contribution in [-0.4, -0.2) is 25.0 Å². The standard InChI is InChI=1S/C28H31ClN4O2/c1-19-14-16-33(17-15-19)26-13-12-24(32-28(35)31-23-10-8-22(29)9-11-23)18-25(26)27(34)30-20(2)21-6-4-3-5-7-21/h3-13,18-20H,14-17H2,1-2H3,(H,30,34)(H2,31,32,35). The molecule has 1 saturated heterocycles. The van der Waals surface area contributed by atoms with E-state index in [1.165, 1.54) is 0 Å². The van der Waals surface area contributed by atoms with Gasteiger partial charge >= 0.3 is 6.03 Å². The Kier molecular flexibility index (Phi) is 7.93. The molecule has 3 aromatic rings. The molecule has 3 aromatic carbocycles. The molecule has 1 fully saturated rings. The van der Waals surface area contributed by atoms with Crippen molar-refractivity contribution in [2.75, 3.05) is 28.6 Å². The Morgan fingerprint density at radius 3 is 2.23 bits per heavy atom. The number of amides is 3. The minimum Gasteiger partial charge on any atom is -0.371 e. The van der Waals surface area contributed by atoms with Crippen molar-refractivity contribution >= 4 is 40.6 Å². The Morgan fingerprint density at radius 1 is 0.914 bits per heavy atom.